The first-order chi connectivity index (χ1) is 6.27. The Hall–Kier alpha value is -1.73. The Bertz CT molecular complexity index is 326. The number of rotatable bonds is 3. The van der Waals surface area contributed by atoms with Gasteiger partial charge in [-0.1, -0.05) is 0 Å². The van der Waals surface area contributed by atoms with Crippen molar-refractivity contribution in [2.75, 3.05) is 0 Å². The third-order valence-electron chi connectivity index (χ3n) is 1.64. The van der Waals surface area contributed by atoms with Crippen LogP contribution < -0.4 is 5.73 Å². The summed E-state index contributed by atoms with van der Waals surface area (Å²) in [5, 5.41) is 8.38. The summed E-state index contributed by atoms with van der Waals surface area (Å²) >= 11 is 0. The van der Waals surface area contributed by atoms with Gasteiger partial charge in [0.1, 0.15) is 0 Å². The molecule has 0 fully saturated rings. The van der Waals surface area contributed by atoms with Crippen LogP contribution in [0.25, 0.3) is 0 Å². The molecule has 0 aliphatic carbocycles. The van der Waals surface area contributed by atoms with Crippen LogP contribution in [0.1, 0.15) is 28.5 Å². The number of carbonyl (C=O) groups excluding carboxylic acids is 1. The van der Waals surface area contributed by atoms with Gasteiger partial charge in [-0.05, 0) is 12.1 Å². The van der Waals surface area contributed by atoms with Gasteiger partial charge in [-0.3, -0.25) is 9.78 Å². The van der Waals surface area contributed by atoms with Gasteiger partial charge in [0.25, 0.3) is 0 Å². The topological polar surface area (TPSA) is 79.8 Å². The molecule has 1 heterocycles. The van der Waals surface area contributed by atoms with Crippen molar-refractivity contribution in [3.05, 3.63) is 29.6 Å². The van der Waals surface area contributed by atoms with E-state index in [1.165, 1.54) is 6.20 Å². The largest absolute Gasteiger partial charge is 0.322 e. The number of nitrogens with two attached hydrogens (primary N) is 1. The van der Waals surface area contributed by atoms with Crippen LogP contribution in [-0.2, 0) is 0 Å². The summed E-state index contributed by atoms with van der Waals surface area (Å²) in [7, 11) is 0. The minimum atomic E-state index is -0.370. The number of hydrogen-bond acceptors (Lipinski definition) is 4. The Kier molecular flexibility index (Phi) is 3.12. The van der Waals surface area contributed by atoms with E-state index in [9.17, 15) is 4.79 Å². The number of aromatic nitrogens is 1. The van der Waals surface area contributed by atoms with Gasteiger partial charge in [-0.25, -0.2) is 0 Å². The van der Waals surface area contributed by atoms with Gasteiger partial charge in [-0.2, -0.15) is 5.26 Å². The number of nitrogens with zero attached hydrogens (tertiary/aromatic N) is 2. The highest BCUT2D eigenvalue weighted by atomic mass is 16.1. The quantitative estimate of drug-likeness (QED) is 0.689. The Labute approximate surface area is 76.0 Å². The van der Waals surface area contributed by atoms with Crippen LogP contribution in [0.2, 0.25) is 0 Å². The fraction of sp³-hybridized carbons (Fsp3) is 0.222. The number of hydrogen-bond donors (Lipinski definition) is 1. The lowest BCUT2D eigenvalue weighted by Gasteiger charge is -2.05. The van der Waals surface area contributed by atoms with Gasteiger partial charge in [0.2, 0.25) is 0 Å². The summed E-state index contributed by atoms with van der Waals surface area (Å²) in [6, 6.07) is 4.88. The van der Waals surface area contributed by atoms with Gasteiger partial charge >= 0.3 is 0 Å². The first kappa shape index (κ1) is 9.36. The second kappa shape index (κ2) is 4.33. The van der Waals surface area contributed by atoms with Crippen molar-refractivity contribution >= 4 is 6.29 Å². The molecule has 13 heavy (non-hydrogen) atoms. The molecule has 4 nitrogen and oxygen atoms in total. The first-order valence-electron chi connectivity index (χ1n) is 3.81. The third kappa shape index (κ3) is 2.36. The second-order valence-electron chi connectivity index (χ2n) is 2.60. The average molecular weight is 175 g/mol. The van der Waals surface area contributed by atoms with Crippen molar-refractivity contribution in [1.82, 2.24) is 4.98 Å². The van der Waals surface area contributed by atoms with E-state index in [1.807, 2.05) is 6.07 Å². The molecule has 66 valence electrons. The summed E-state index contributed by atoms with van der Waals surface area (Å²) in [6.45, 7) is 0. The number of carbonyl (C=O) groups is 1. The fourth-order valence-electron chi connectivity index (χ4n) is 0.909. The van der Waals surface area contributed by atoms with E-state index >= 15 is 0 Å². The Morgan fingerprint density at radius 3 is 2.92 bits per heavy atom. The molecule has 0 amide bonds. The van der Waals surface area contributed by atoms with E-state index < -0.39 is 0 Å². The maximum Gasteiger partial charge on any atom is 0.151 e. The molecule has 0 spiro atoms. The molecule has 1 atom stereocenters. The van der Waals surface area contributed by atoms with Crippen LogP contribution in [0.4, 0.5) is 0 Å². The molecule has 1 rings (SSSR count). The Morgan fingerprint density at radius 1 is 1.69 bits per heavy atom. The van der Waals surface area contributed by atoms with E-state index in [-0.39, 0.29) is 12.5 Å². The van der Waals surface area contributed by atoms with Gasteiger partial charge < -0.3 is 5.73 Å². The molecule has 4 heteroatoms. The number of aldehydes is 1. The van der Waals surface area contributed by atoms with Crippen LogP contribution in [0.3, 0.4) is 0 Å². The standard InChI is InChI=1S/C9H9N3O/c10-4-3-8(11)9-2-1-7(6-13)5-12-9/h1-2,5-6,8H,3,11H2/t8-/m0/s1. The summed E-state index contributed by atoms with van der Waals surface area (Å²) in [4.78, 5) is 14.3. The highest BCUT2D eigenvalue weighted by Gasteiger charge is 2.05. The van der Waals surface area contributed by atoms with E-state index in [0.717, 1.165) is 0 Å². The zero-order chi connectivity index (χ0) is 9.68. The van der Waals surface area contributed by atoms with Crippen LogP contribution >= 0.6 is 0 Å². The maximum atomic E-state index is 10.3. The molecular formula is C9H9N3O. The smallest absolute Gasteiger partial charge is 0.151 e. The summed E-state index contributed by atoms with van der Waals surface area (Å²) < 4.78 is 0. The Morgan fingerprint density at radius 2 is 2.46 bits per heavy atom. The van der Waals surface area contributed by atoms with Crippen molar-refractivity contribution in [2.45, 2.75) is 12.5 Å². The monoisotopic (exact) mass is 175 g/mol. The predicted octanol–water partition coefficient (Wildman–Crippen LogP) is 0.808. The molecule has 1 aromatic heterocycles. The van der Waals surface area contributed by atoms with Crippen molar-refractivity contribution < 1.29 is 4.79 Å². The lowest BCUT2D eigenvalue weighted by atomic mass is 10.1. The summed E-state index contributed by atoms with van der Waals surface area (Å²) in [5.41, 5.74) is 6.76. The van der Waals surface area contributed by atoms with Gasteiger partial charge in [0.15, 0.2) is 6.29 Å². The molecule has 1 aromatic rings. The van der Waals surface area contributed by atoms with E-state index in [1.54, 1.807) is 12.1 Å². The minimum Gasteiger partial charge on any atom is -0.322 e. The van der Waals surface area contributed by atoms with E-state index in [2.05, 4.69) is 4.98 Å². The van der Waals surface area contributed by atoms with Crippen molar-refractivity contribution in [3.63, 3.8) is 0 Å². The fourth-order valence-corrected chi connectivity index (χ4v) is 0.909. The molecule has 0 saturated carbocycles. The Balaban J connectivity index is 2.80. The van der Waals surface area contributed by atoms with Crippen LogP contribution in [-0.4, -0.2) is 11.3 Å². The molecule has 0 unspecified atom stereocenters. The van der Waals surface area contributed by atoms with Gasteiger partial charge in [-0.15, -0.1) is 0 Å². The van der Waals surface area contributed by atoms with Crippen molar-refractivity contribution in [1.29, 1.82) is 5.26 Å². The first-order valence-corrected chi connectivity index (χ1v) is 3.81. The van der Waals surface area contributed by atoms with Gasteiger partial charge in [0.05, 0.1) is 24.2 Å². The number of nitriles is 1. The predicted molar refractivity (Wildman–Crippen MR) is 46.8 cm³/mol. The van der Waals surface area contributed by atoms with Crippen molar-refractivity contribution in [2.24, 2.45) is 5.73 Å². The van der Waals surface area contributed by atoms with Crippen LogP contribution in [0.5, 0.6) is 0 Å². The normalized spacial score (nSPS) is 11.7. The maximum absolute atomic E-state index is 10.3. The number of pyridine rings is 1. The molecule has 2 N–H and O–H groups in total. The molecule has 0 bridgehead atoms. The van der Waals surface area contributed by atoms with Crippen molar-refractivity contribution in [3.8, 4) is 6.07 Å². The van der Waals surface area contributed by atoms with E-state index in [0.29, 0.717) is 17.5 Å². The second-order valence-corrected chi connectivity index (χ2v) is 2.60. The molecule has 0 aromatic carbocycles. The zero-order valence-electron chi connectivity index (χ0n) is 6.97. The van der Waals surface area contributed by atoms with Crippen LogP contribution in [0.15, 0.2) is 18.3 Å². The molecule has 0 aliphatic rings. The molecule has 0 aliphatic heterocycles. The lowest BCUT2D eigenvalue weighted by Crippen LogP contribution is -2.11. The lowest BCUT2D eigenvalue weighted by molar-refractivity contribution is 0.112. The highest BCUT2D eigenvalue weighted by Crippen LogP contribution is 2.09. The van der Waals surface area contributed by atoms with Crippen LogP contribution in [0, 0.1) is 11.3 Å². The third-order valence-corrected chi connectivity index (χ3v) is 1.64. The molecular weight excluding hydrogens is 166 g/mol. The summed E-state index contributed by atoms with van der Waals surface area (Å²) in [6.07, 6.45) is 2.39. The zero-order valence-corrected chi connectivity index (χ0v) is 6.97. The minimum absolute atomic E-state index is 0.230. The van der Waals surface area contributed by atoms with Gasteiger partial charge in [0, 0.05) is 11.8 Å². The van der Waals surface area contributed by atoms with E-state index in [4.69, 9.17) is 11.0 Å². The molecule has 0 radical (unpaired) electrons. The SMILES string of the molecule is N#CC[C@H](N)c1ccc(C=O)cn1. The summed E-state index contributed by atoms with van der Waals surface area (Å²) in [5.74, 6) is 0. The molecule has 0 saturated heterocycles. The average Bonchev–Trinajstić information content (AvgIpc) is 2.18. The highest BCUT2D eigenvalue weighted by molar-refractivity contribution is 5.73.